The molecule has 1 aromatic heterocycles. The smallest absolute Gasteiger partial charge is 0.0613 e. The van der Waals surface area contributed by atoms with Crippen LogP contribution in [0.3, 0.4) is 0 Å². The lowest BCUT2D eigenvalue weighted by Crippen LogP contribution is -2.00. The summed E-state index contributed by atoms with van der Waals surface area (Å²) in [5.74, 6) is 0. The van der Waals surface area contributed by atoms with Gasteiger partial charge >= 0.3 is 0 Å². The number of benzene rings is 4. The maximum atomic E-state index is 8.61. The number of nitrogens with one attached hydrogen (secondary N) is 2. The number of anilines is 1. The number of allylic oxidation sites excluding steroid dienone is 8. The first kappa shape index (κ1) is 45.1. The number of hydrogen-bond donors (Lipinski definition) is 3. The summed E-state index contributed by atoms with van der Waals surface area (Å²) in [4.78, 5) is 4.51. The van der Waals surface area contributed by atoms with E-state index >= 15 is 0 Å². The van der Waals surface area contributed by atoms with E-state index in [1.165, 1.54) is 21.9 Å². The molecule has 0 aliphatic rings. The molecular formula is C50H61N5. The van der Waals surface area contributed by atoms with Crippen LogP contribution in [0.4, 0.5) is 5.69 Å². The van der Waals surface area contributed by atoms with E-state index < -0.39 is 0 Å². The molecule has 0 unspecified atom stereocenters. The molecular weight excluding hydrogens is 671 g/mol. The van der Waals surface area contributed by atoms with E-state index in [-0.39, 0.29) is 0 Å². The first-order valence-corrected chi connectivity index (χ1v) is 19.2. The number of rotatable bonds is 14. The highest BCUT2D eigenvalue weighted by atomic mass is 15.0. The van der Waals surface area contributed by atoms with Gasteiger partial charge in [0.2, 0.25) is 0 Å². The van der Waals surface area contributed by atoms with Gasteiger partial charge in [-0.2, -0.15) is 0 Å². The molecule has 5 heteroatoms. The third-order valence-electron chi connectivity index (χ3n) is 8.33. The van der Waals surface area contributed by atoms with Crippen LogP contribution < -0.4 is 11.1 Å². The zero-order chi connectivity index (χ0) is 40.6. The Hall–Kier alpha value is -6.04. The molecule has 0 amide bonds. The van der Waals surface area contributed by atoms with E-state index in [1.807, 2.05) is 89.4 Å². The molecule has 0 fully saturated rings. The Kier molecular flexibility index (Phi) is 20.6. The van der Waals surface area contributed by atoms with Gasteiger partial charge in [0.1, 0.15) is 0 Å². The van der Waals surface area contributed by atoms with Gasteiger partial charge in [-0.15, -0.1) is 0 Å². The van der Waals surface area contributed by atoms with Crippen molar-refractivity contribution in [3.8, 4) is 5.69 Å². The average Bonchev–Trinajstić information content (AvgIpc) is 3.57. The second-order valence-corrected chi connectivity index (χ2v) is 11.9. The molecule has 0 saturated carbocycles. The second kappa shape index (κ2) is 25.1. The number of fused-ring (bicyclic) bond motifs is 3. The molecule has 0 radical (unpaired) electrons. The summed E-state index contributed by atoms with van der Waals surface area (Å²) in [6.07, 6.45) is 18.3. The van der Waals surface area contributed by atoms with E-state index in [1.54, 1.807) is 24.4 Å². The summed E-state index contributed by atoms with van der Waals surface area (Å²) in [5.41, 5.74) is 15.8. The number of nitrogens with two attached hydrogens (primary N) is 1. The molecule has 0 spiro atoms. The van der Waals surface area contributed by atoms with Crippen molar-refractivity contribution >= 4 is 45.0 Å². The monoisotopic (exact) mass is 731 g/mol. The van der Waals surface area contributed by atoms with E-state index in [0.717, 1.165) is 51.9 Å². The normalized spacial score (nSPS) is 11.2. The molecule has 0 aliphatic heterocycles. The SMILES string of the molecule is C/C=C\CN.C=C/C=C\C(=N)c1cc(C)cc(-n2c3ccccc3c3c(/C(=C/C)CCC(=C)C(=C)N=C/C=C\Nc4ccccc4)cccc32)c1.CC.CC. The lowest BCUT2D eigenvalue weighted by atomic mass is 9.94. The van der Waals surface area contributed by atoms with Crippen molar-refractivity contribution in [2.45, 2.75) is 61.3 Å². The quantitative estimate of drug-likeness (QED) is 0.0604. The standard InChI is InChI=1S/C42H40N4.C4H9N.2C2H6/c1-6-8-20-39(43)34-27-30(3)28-36(29-34)46-40-21-13-12-18-38(40)42-37(19-14-22-41(42)46)33(7-2)24-23-31(4)32(5)44-25-15-26-45-35-16-10-9-11-17-35;1-2-3-4-5;2*1-2/h6-22,25-29,43,45H,1,4-5,23-24H2,2-3H3;2-3H,4-5H2,1H3;2*1-2H3/b20-8-,26-15-,33-7+,43-39?,44-25?;3-2-;;. The Balaban J connectivity index is 0.00000106. The first-order chi connectivity index (χ1) is 26.8. The van der Waals surface area contributed by atoms with Crippen LogP contribution in [0.2, 0.25) is 0 Å². The third kappa shape index (κ3) is 13.1. The highest BCUT2D eigenvalue weighted by molar-refractivity contribution is 6.14. The van der Waals surface area contributed by atoms with E-state index in [9.17, 15) is 0 Å². The summed E-state index contributed by atoms with van der Waals surface area (Å²) >= 11 is 0. The Morgan fingerprint density at radius 2 is 1.55 bits per heavy atom. The van der Waals surface area contributed by atoms with Gasteiger partial charge in [-0.25, -0.2) is 0 Å². The fourth-order valence-corrected chi connectivity index (χ4v) is 5.82. The molecule has 0 bridgehead atoms. The van der Waals surface area contributed by atoms with Gasteiger partial charge in [-0.05, 0) is 111 Å². The van der Waals surface area contributed by atoms with Crippen molar-refractivity contribution in [2.24, 2.45) is 10.7 Å². The minimum Gasteiger partial charge on any atom is -0.362 e. The van der Waals surface area contributed by atoms with Crippen molar-refractivity contribution in [3.63, 3.8) is 0 Å². The van der Waals surface area contributed by atoms with E-state index in [2.05, 4.69) is 115 Å². The van der Waals surface area contributed by atoms with Gasteiger partial charge in [0.05, 0.1) is 22.4 Å². The van der Waals surface area contributed by atoms with Crippen molar-refractivity contribution in [2.75, 3.05) is 11.9 Å². The zero-order valence-corrected chi connectivity index (χ0v) is 34.1. The number of para-hydroxylation sites is 2. The molecule has 4 aromatic carbocycles. The molecule has 5 aromatic rings. The molecule has 5 nitrogen and oxygen atoms in total. The second-order valence-electron chi connectivity index (χ2n) is 11.9. The van der Waals surface area contributed by atoms with Gasteiger partial charge in [0.15, 0.2) is 0 Å². The predicted octanol–water partition coefficient (Wildman–Crippen LogP) is 13.7. The van der Waals surface area contributed by atoms with Gasteiger partial charge in [0, 0.05) is 46.7 Å². The number of aryl methyl sites for hydroxylation is 1. The first-order valence-electron chi connectivity index (χ1n) is 19.2. The zero-order valence-electron chi connectivity index (χ0n) is 34.1. The Bertz CT molecular complexity index is 2150. The van der Waals surface area contributed by atoms with Crippen molar-refractivity contribution in [1.82, 2.24) is 4.57 Å². The predicted molar refractivity (Wildman–Crippen MR) is 247 cm³/mol. The molecule has 0 atom stereocenters. The summed E-state index contributed by atoms with van der Waals surface area (Å²) in [7, 11) is 0. The van der Waals surface area contributed by atoms with Crippen molar-refractivity contribution < 1.29 is 0 Å². The van der Waals surface area contributed by atoms with Crippen LogP contribution >= 0.6 is 0 Å². The Morgan fingerprint density at radius 1 is 0.855 bits per heavy atom. The molecule has 0 saturated heterocycles. The molecule has 55 heavy (non-hydrogen) atoms. The fraction of sp³-hybridized carbons (Fsp3) is 0.200. The molecule has 286 valence electrons. The van der Waals surface area contributed by atoms with Crippen LogP contribution in [0.1, 0.15) is 71.1 Å². The van der Waals surface area contributed by atoms with Crippen LogP contribution in [-0.4, -0.2) is 23.0 Å². The lowest BCUT2D eigenvalue weighted by Gasteiger charge is -2.13. The number of aromatic nitrogens is 1. The summed E-state index contributed by atoms with van der Waals surface area (Å²) in [5, 5.41) is 14.2. The fourth-order valence-electron chi connectivity index (χ4n) is 5.82. The average molecular weight is 732 g/mol. The maximum Gasteiger partial charge on any atom is 0.0613 e. The van der Waals surface area contributed by atoms with Crippen LogP contribution in [0.15, 0.2) is 176 Å². The Labute approximate surface area is 330 Å². The van der Waals surface area contributed by atoms with Crippen LogP contribution in [0, 0.1) is 12.3 Å². The summed E-state index contributed by atoms with van der Waals surface area (Å²) < 4.78 is 2.32. The highest BCUT2D eigenvalue weighted by Crippen LogP contribution is 2.38. The van der Waals surface area contributed by atoms with Crippen LogP contribution in [0.5, 0.6) is 0 Å². The third-order valence-corrected chi connectivity index (χ3v) is 8.33. The van der Waals surface area contributed by atoms with Crippen LogP contribution in [0.25, 0.3) is 33.1 Å². The molecule has 5 rings (SSSR count). The van der Waals surface area contributed by atoms with Crippen molar-refractivity contribution in [3.05, 3.63) is 187 Å². The van der Waals surface area contributed by atoms with Gasteiger partial charge < -0.3 is 21.0 Å². The Morgan fingerprint density at radius 3 is 2.20 bits per heavy atom. The lowest BCUT2D eigenvalue weighted by molar-refractivity contribution is 1.000. The number of aliphatic imine (C=N–C) groups is 1. The largest absolute Gasteiger partial charge is 0.362 e. The molecule has 0 aliphatic carbocycles. The van der Waals surface area contributed by atoms with Gasteiger partial charge in [0.25, 0.3) is 0 Å². The van der Waals surface area contributed by atoms with E-state index in [0.29, 0.717) is 18.0 Å². The molecule has 1 heterocycles. The summed E-state index contributed by atoms with van der Waals surface area (Å²) in [6.45, 7) is 27.0. The number of hydrogen-bond acceptors (Lipinski definition) is 4. The van der Waals surface area contributed by atoms with E-state index in [4.69, 9.17) is 11.1 Å². The highest BCUT2D eigenvalue weighted by Gasteiger charge is 2.17. The number of nitrogens with zero attached hydrogens (tertiary/aromatic N) is 2. The molecule has 4 N–H and O–H groups in total. The summed E-state index contributed by atoms with van der Waals surface area (Å²) in [6, 6.07) is 31.4. The minimum absolute atomic E-state index is 0.452. The maximum absolute atomic E-state index is 8.61. The minimum atomic E-state index is 0.452. The van der Waals surface area contributed by atoms with Crippen LogP contribution in [-0.2, 0) is 0 Å². The van der Waals surface area contributed by atoms with Crippen molar-refractivity contribution in [1.29, 1.82) is 5.41 Å². The van der Waals surface area contributed by atoms with Gasteiger partial charge in [-0.1, -0.05) is 126 Å². The van der Waals surface area contributed by atoms with Gasteiger partial charge in [-0.3, -0.25) is 4.99 Å². The topological polar surface area (TPSA) is 79.2 Å².